The predicted octanol–water partition coefficient (Wildman–Crippen LogP) is 0.187. The van der Waals surface area contributed by atoms with Crippen LogP contribution >= 0.6 is 0 Å². The molecule has 0 aromatic rings. The Labute approximate surface area is 56.4 Å². The summed E-state index contributed by atoms with van der Waals surface area (Å²) < 4.78 is 5.07. The highest BCUT2D eigenvalue weighted by Gasteiger charge is 2.20. The zero-order valence-electron chi connectivity index (χ0n) is 5.94. The van der Waals surface area contributed by atoms with Crippen molar-refractivity contribution in [1.29, 1.82) is 0 Å². The molecular formula is C7H16NO+. The Morgan fingerprint density at radius 1 is 1.33 bits per heavy atom. The molecule has 0 radical (unpaired) electrons. The normalized spacial score (nSPS) is 24.3. The van der Waals surface area contributed by atoms with Crippen molar-refractivity contribution in [3.63, 3.8) is 0 Å². The molecule has 1 aliphatic heterocycles. The molecule has 0 amide bonds. The monoisotopic (exact) mass is 130 g/mol. The summed E-state index contributed by atoms with van der Waals surface area (Å²) >= 11 is 0. The Morgan fingerprint density at radius 2 is 2.11 bits per heavy atom. The van der Waals surface area contributed by atoms with Gasteiger partial charge in [0.25, 0.3) is 0 Å². The second-order valence-corrected chi connectivity index (χ2v) is 2.66. The summed E-state index contributed by atoms with van der Waals surface area (Å²) in [4.78, 5) is 0. The van der Waals surface area contributed by atoms with Crippen molar-refractivity contribution >= 4 is 0 Å². The van der Waals surface area contributed by atoms with Crippen molar-refractivity contribution in [3.05, 3.63) is 0 Å². The Hall–Kier alpha value is -0.0800. The third-order valence-corrected chi connectivity index (χ3v) is 1.68. The molecule has 2 heteroatoms. The maximum atomic E-state index is 5.07. The molecule has 3 N–H and O–H groups in total. The van der Waals surface area contributed by atoms with Crippen LogP contribution in [-0.4, -0.2) is 19.3 Å². The average molecular weight is 130 g/mol. The molecule has 1 heterocycles. The number of ether oxygens (including phenoxy) is 1. The SMILES string of the molecule is [NH3+]CCCCCC1CO1. The van der Waals surface area contributed by atoms with Crippen LogP contribution in [0.4, 0.5) is 0 Å². The fraction of sp³-hybridized carbons (Fsp3) is 1.00. The van der Waals surface area contributed by atoms with Gasteiger partial charge in [-0.3, -0.25) is 0 Å². The summed E-state index contributed by atoms with van der Waals surface area (Å²) in [6.45, 7) is 2.11. The molecule has 2 nitrogen and oxygen atoms in total. The zero-order chi connectivity index (χ0) is 6.53. The van der Waals surface area contributed by atoms with Crippen molar-refractivity contribution in [2.45, 2.75) is 31.8 Å². The van der Waals surface area contributed by atoms with E-state index in [9.17, 15) is 0 Å². The van der Waals surface area contributed by atoms with Crippen LogP contribution in [0, 0.1) is 0 Å². The minimum atomic E-state index is 0.634. The molecule has 1 unspecified atom stereocenters. The van der Waals surface area contributed by atoms with E-state index >= 15 is 0 Å². The van der Waals surface area contributed by atoms with E-state index < -0.39 is 0 Å². The van der Waals surface area contributed by atoms with Crippen molar-refractivity contribution in [2.75, 3.05) is 13.2 Å². The van der Waals surface area contributed by atoms with E-state index in [1.807, 2.05) is 0 Å². The van der Waals surface area contributed by atoms with Crippen molar-refractivity contribution in [2.24, 2.45) is 0 Å². The molecule has 0 saturated carbocycles. The standard InChI is InChI=1S/C7H15NO/c8-5-3-1-2-4-7-6-9-7/h7H,1-6,8H2/p+1. The zero-order valence-corrected chi connectivity index (χ0v) is 5.94. The van der Waals surface area contributed by atoms with Gasteiger partial charge in [0.1, 0.15) is 0 Å². The second-order valence-electron chi connectivity index (χ2n) is 2.66. The largest absolute Gasteiger partial charge is 0.373 e. The van der Waals surface area contributed by atoms with Gasteiger partial charge in [0.05, 0.1) is 19.3 Å². The third kappa shape index (κ3) is 3.49. The van der Waals surface area contributed by atoms with Crippen LogP contribution in [0.5, 0.6) is 0 Å². The number of hydrogen-bond acceptors (Lipinski definition) is 1. The van der Waals surface area contributed by atoms with Gasteiger partial charge in [-0.1, -0.05) is 6.42 Å². The molecule has 54 valence electrons. The molecular weight excluding hydrogens is 114 g/mol. The Bertz CT molecular complexity index is 71.3. The van der Waals surface area contributed by atoms with Crippen molar-refractivity contribution in [3.8, 4) is 0 Å². The molecule has 1 fully saturated rings. The highest BCUT2D eigenvalue weighted by molar-refractivity contribution is 4.67. The van der Waals surface area contributed by atoms with Gasteiger partial charge in [-0.25, -0.2) is 0 Å². The summed E-state index contributed by atoms with van der Waals surface area (Å²) in [5.74, 6) is 0. The first kappa shape index (κ1) is 7.03. The number of hydrogen-bond donors (Lipinski definition) is 1. The highest BCUT2D eigenvalue weighted by atomic mass is 16.6. The Morgan fingerprint density at radius 3 is 2.67 bits per heavy atom. The second kappa shape index (κ2) is 3.85. The molecule has 0 aromatic heterocycles. The predicted molar refractivity (Wildman–Crippen MR) is 36.0 cm³/mol. The first-order chi connectivity index (χ1) is 4.43. The Balaban J connectivity index is 1.71. The van der Waals surface area contributed by atoms with E-state index in [1.165, 1.54) is 25.7 Å². The van der Waals surface area contributed by atoms with Crippen LogP contribution < -0.4 is 5.73 Å². The molecule has 0 aromatic carbocycles. The maximum Gasteiger partial charge on any atom is 0.0810 e. The lowest BCUT2D eigenvalue weighted by Gasteiger charge is -1.92. The molecule has 9 heavy (non-hydrogen) atoms. The van der Waals surface area contributed by atoms with Crippen LogP contribution in [0.2, 0.25) is 0 Å². The lowest BCUT2D eigenvalue weighted by molar-refractivity contribution is -0.368. The third-order valence-electron chi connectivity index (χ3n) is 1.68. The van der Waals surface area contributed by atoms with Gasteiger partial charge in [-0.15, -0.1) is 0 Å². The summed E-state index contributed by atoms with van der Waals surface area (Å²) in [6, 6.07) is 0. The van der Waals surface area contributed by atoms with E-state index in [4.69, 9.17) is 4.74 Å². The van der Waals surface area contributed by atoms with Gasteiger partial charge in [0, 0.05) is 0 Å². The quantitative estimate of drug-likeness (QED) is 0.419. The van der Waals surface area contributed by atoms with E-state index in [-0.39, 0.29) is 0 Å². The van der Waals surface area contributed by atoms with Crippen LogP contribution in [-0.2, 0) is 4.74 Å². The molecule has 1 aliphatic rings. The molecule has 0 bridgehead atoms. The van der Waals surface area contributed by atoms with E-state index in [0.717, 1.165) is 13.2 Å². The van der Waals surface area contributed by atoms with E-state index in [1.54, 1.807) is 0 Å². The van der Waals surface area contributed by atoms with Gasteiger partial charge in [0.2, 0.25) is 0 Å². The summed E-state index contributed by atoms with van der Waals surface area (Å²) in [5.41, 5.74) is 3.79. The maximum absolute atomic E-state index is 5.07. The highest BCUT2D eigenvalue weighted by Crippen LogP contribution is 2.16. The average Bonchev–Trinajstić information content (AvgIpc) is 2.63. The summed E-state index contributed by atoms with van der Waals surface area (Å²) in [6.07, 6.45) is 5.87. The molecule has 1 saturated heterocycles. The minimum absolute atomic E-state index is 0.634. The Kier molecular flexibility index (Phi) is 3.01. The van der Waals surface area contributed by atoms with Gasteiger partial charge in [-0.2, -0.15) is 0 Å². The van der Waals surface area contributed by atoms with Gasteiger partial charge in [0.15, 0.2) is 0 Å². The summed E-state index contributed by atoms with van der Waals surface area (Å²) in [5, 5.41) is 0. The minimum Gasteiger partial charge on any atom is -0.373 e. The van der Waals surface area contributed by atoms with Crippen LogP contribution in [0.1, 0.15) is 25.7 Å². The van der Waals surface area contributed by atoms with Crippen molar-refractivity contribution < 1.29 is 10.5 Å². The lowest BCUT2D eigenvalue weighted by Crippen LogP contribution is -2.50. The van der Waals surface area contributed by atoms with Gasteiger partial charge < -0.3 is 10.5 Å². The molecule has 1 rings (SSSR count). The topological polar surface area (TPSA) is 40.2 Å². The van der Waals surface area contributed by atoms with E-state index in [0.29, 0.717) is 6.10 Å². The lowest BCUT2D eigenvalue weighted by atomic mass is 10.1. The number of unbranched alkanes of at least 4 members (excludes halogenated alkanes) is 2. The molecule has 0 spiro atoms. The number of quaternary nitrogens is 1. The first-order valence-corrected chi connectivity index (χ1v) is 3.84. The van der Waals surface area contributed by atoms with Gasteiger partial charge in [-0.05, 0) is 19.3 Å². The molecule has 0 aliphatic carbocycles. The van der Waals surface area contributed by atoms with Crippen LogP contribution in [0.3, 0.4) is 0 Å². The fourth-order valence-corrected chi connectivity index (χ4v) is 0.960. The number of epoxide rings is 1. The number of rotatable bonds is 5. The van der Waals surface area contributed by atoms with Crippen LogP contribution in [0.15, 0.2) is 0 Å². The fourth-order valence-electron chi connectivity index (χ4n) is 0.960. The smallest absolute Gasteiger partial charge is 0.0810 e. The van der Waals surface area contributed by atoms with Crippen LogP contribution in [0.25, 0.3) is 0 Å². The summed E-state index contributed by atoms with van der Waals surface area (Å²) in [7, 11) is 0. The first-order valence-electron chi connectivity index (χ1n) is 3.84. The van der Waals surface area contributed by atoms with Crippen molar-refractivity contribution in [1.82, 2.24) is 0 Å². The molecule has 1 atom stereocenters. The van der Waals surface area contributed by atoms with E-state index in [2.05, 4.69) is 5.73 Å². The van der Waals surface area contributed by atoms with Gasteiger partial charge >= 0.3 is 0 Å².